The first-order valence-corrected chi connectivity index (χ1v) is 7.28. The van der Waals surface area contributed by atoms with E-state index in [0.29, 0.717) is 12.2 Å². The van der Waals surface area contributed by atoms with E-state index in [0.717, 1.165) is 0 Å². The minimum atomic E-state index is -3.49. The number of nitrogens with one attached hydrogen (secondary N) is 3. The van der Waals surface area contributed by atoms with E-state index in [-0.39, 0.29) is 10.6 Å². The normalized spacial score (nSPS) is 11.2. The van der Waals surface area contributed by atoms with Crippen molar-refractivity contribution in [2.24, 2.45) is 0 Å². The number of hydrogen-bond acceptors (Lipinski definition) is 5. The molecule has 0 aliphatic heterocycles. The van der Waals surface area contributed by atoms with Crippen LogP contribution in [0, 0.1) is 0 Å². The number of sulfonamides is 1. The summed E-state index contributed by atoms with van der Waals surface area (Å²) in [4.78, 5) is 11.8. The van der Waals surface area contributed by atoms with Crippen molar-refractivity contribution in [3.63, 3.8) is 0 Å². The molecule has 0 aliphatic carbocycles. The number of nitrogens with zero attached hydrogens (tertiary/aromatic N) is 2. The van der Waals surface area contributed by atoms with Gasteiger partial charge in [-0.15, -0.1) is 0 Å². The topological polar surface area (TPSA) is 117 Å². The quantitative estimate of drug-likeness (QED) is 0.736. The largest absolute Gasteiger partial charge is 0.321 e. The van der Waals surface area contributed by atoms with Crippen LogP contribution in [0.1, 0.15) is 17.4 Å². The van der Waals surface area contributed by atoms with Gasteiger partial charge in [-0.25, -0.2) is 13.1 Å². The highest BCUT2D eigenvalue weighted by molar-refractivity contribution is 7.89. The molecule has 0 saturated heterocycles. The van der Waals surface area contributed by atoms with Crippen molar-refractivity contribution in [2.45, 2.75) is 11.8 Å². The molecule has 0 saturated carbocycles. The maximum Gasteiger partial charge on any atom is 0.277 e. The smallest absolute Gasteiger partial charge is 0.277 e. The van der Waals surface area contributed by atoms with Crippen molar-refractivity contribution >= 4 is 21.6 Å². The summed E-state index contributed by atoms with van der Waals surface area (Å²) in [5.74, 6) is -0.430. The van der Waals surface area contributed by atoms with Crippen LogP contribution >= 0.6 is 0 Å². The van der Waals surface area contributed by atoms with E-state index in [1.807, 2.05) is 0 Å². The van der Waals surface area contributed by atoms with E-state index < -0.39 is 15.9 Å². The highest BCUT2D eigenvalue weighted by atomic mass is 32.2. The van der Waals surface area contributed by atoms with E-state index >= 15 is 0 Å². The van der Waals surface area contributed by atoms with Gasteiger partial charge in [0.15, 0.2) is 5.69 Å². The Morgan fingerprint density at radius 1 is 1.30 bits per heavy atom. The van der Waals surface area contributed by atoms with Crippen molar-refractivity contribution < 1.29 is 13.2 Å². The van der Waals surface area contributed by atoms with Crippen LogP contribution in [0.3, 0.4) is 0 Å². The van der Waals surface area contributed by atoms with Crippen LogP contribution in [0.2, 0.25) is 0 Å². The maximum atomic E-state index is 11.7. The fraction of sp³-hybridized carbons (Fsp3) is 0.182. The number of aromatic nitrogens is 3. The number of rotatable bonds is 5. The number of carbonyl (C=O) groups excluding carboxylic acids is 1. The summed E-state index contributed by atoms with van der Waals surface area (Å²) >= 11 is 0. The first kappa shape index (κ1) is 14.2. The molecule has 1 aromatic heterocycles. The Hall–Kier alpha value is -2.26. The van der Waals surface area contributed by atoms with E-state index in [1.54, 1.807) is 6.92 Å². The monoisotopic (exact) mass is 295 g/mol. The number of H-pyrrole nitrogens is 1. The number of anilines is 1. The van der Waals surface area contributed by atoms with Gasteiger partial charge < -0.3 is 5.32 Å². The Kier molecular flexibility index (Phi) is 4.11. The Bertz CT molecular complexity index is 679. The number of aromatic amines is 1. The van der Waals surface area contributed by atoms with Crippen molar-refractivity contribution in [1.82, 2.24) is 20.1 Å². The number of amides is 1. The fourth-order valence-corrected chi connectivity index (χ4v) is 2.54. The zero-order chi connectivity index (χ0) is 14.6. The summed E-state index contributed by atoms with van der Waals surface area (Å²) in [6.45, 7) is 2.01. The average molecular weight is 295 g/mol. The molecule has 0 bridgehead atoms. The molecule has 2 aromatic rings. The van der Waals surface area contributed by atoms with Gasteiger partial charge in [-0.1, -0.05) is 6.92 Å². The molecular formula is C11H13N5O3S. The van der Waals surface area contributed by atoms with Crippen molar-refractivity contribution in [2.75, 3.05) is 11.9 Å². The second kappa shape index (κ2) is 5.80. The zero-order valence-electron chi connectivity index (χ0n) is 10.6. The summed E-state index contributed by atoms with van der Waals surface area (Å²) in [6, 6.07) is 5.83. The molecular weight excluding hydrogens is 282 g/mol. The van der Waals surface area contributed by atoms with Gasteiger partial charge in [0, 0.05) is 12.2 Å². The second-order valence-corrected chi connectivity index (χ2v) is 5.60. The second-order valence-electron chi connectivity index (χ2n) is 3.84. The summed E-state index contributed by atoms with van der Waals surface area (Å²) in [5, 5.41) is 12.1. The van der Waals surface area contributed by atoms with Gasteiger partial charge in [-0.2, -0.15) is 15.4 Å². The van der Waals surface area contributed by atoms with Gasteiger partial charge in [0.1, 0.15) is 0 Å². The Labute approximate surface area is 115 Å². The molecule has 0 spiro atoms. The van der Waals surface area contributed by atoms with Gasteiger partial charge in [0.25, 0.3) is 5.91 Å². The van der Waals surface area contributed by atoms with E-state index in [2.05, 4.69) is 25.4 Å². The summed E-state index contributed by atoms with van der Waals surface area (Å²) in [5.41, 5.74) is 0.614. The zero-order valence-corrected chi connectivity index (χ0v) is 11.4. The predicted octanol–water partition coefficient (Wildman–Crippen LogP) is 0.355. The summed E-state index contributed by atoms with van der Waals surface area (Å²) in [6.07, 6.45) is 1.29. The lowest BCUT2D eigenvalue weighted by atomic mass is 10.3. The Morgan fingerprint density at radius 2 is 2.00 bits per heavy atom. The van der Waals surface area contributed by atoms with Crippen LogP contribution in [0.15, 0.2) is 35.4 Å². The van der Waals surface area contributed by atoms with E-state index in [4.69, 9.17) is 0 Å². The molecule has 3 N–H and O–H groups in total. The number of benzene rings is 1. The molecule has 106 valence electrons. The molecule has 20 heavy (non-hydrogen) atoms. The molecule has 2 rings (SSSR count). The minimum absolute atomic E-state index is 0.138. The Morgan fingerprint density at radius 3 is 2.55 bits per heavy atom. The molecule has 9 heteroatoms. The van der Waals surface area contributed by atoms with Gasteiger partial charge in [-0.05, 0) is 24.3 Å². The lowest BCUT2D eigenvalue weighted by Gasteiger charge is -2.06. The lowest BCUT2D eigenvalue weighted by molar-refractivity contribution is 0.102. The van der Waals surface area contributed by atoms with Crippen LogP contribution in [0.5, 0.6) is 0 Å². The molecule has 0 unspecified atom stereocenters. The predicted molar refractivity (Wildman–Crippen MR) is 71.6 cm³/mol. The molecule has 8 nitrogen and oxygen atoms in total. The van der Waals surface area contributed by atoms with Gasteiger partial charge >= 0.3 is 0 Å². The highest BCUT2D eigenvalue weighted by Gasteiger charge is 2.13. The molecule has 0 fully saturated rings. The van der Waals surface area contributed by atoms with Gasteiger partial charge in [0.05, 0.1) is 11.1 Å². The average Bonchev–Trinajstić information content (AvgIpc) is 2.93. The summed E-state index contributed by atoms with van der Waals surface area (Å²) in [7, 11) is -3.49. The van der Waals surface area contributed by atoms with Crippen LogP contribution < -0.4 is 10.0 Å². The fourth-order valence-electron chi connectivity index (χ4n) is 1.50. The first-order chi connectivity index (χ1) is 9.53. The van der Waals surface area contributed by atoms with E-state index in [1.165, 1.54) is 30.5 Å². The maximum absolute atomic E-state index is 11.7. The number of carbonyl (C=O) groups is 1. The third kappa shape index (κ3) is 3.19. The van der Waals surface area contributed by atoms with Crippen LogP contribution in [0.25, 0.3) is 0 Å². The standard InChI is InChI=1S/C11H13N5O3S/c1-2-13-20(18,19)9-5-3-8(4-6-9)14-11(17)10-7-12-16-15-10/h3-7,13H,2H2,1H3,(H,14,17)(H,12,15,16). The first-order valence-electron chi connectivity index (χ1n) is 5.80. The number of hydrogen-bond donors (Lipinski definition) is 3. The molecule has 0 radical (unpaired) electrons. The molecule has 0 atom stereocenters. The summed E-state index contributed by atoms with van der Waals surface area (Å²) < 4.78 is 25.8. The highest BCUT2D eigenvalue weighted by Crippen LogP contribution is 2.14. The molecule has 1 heterocycles. The van der Waals surface area contributed by atoms with Crippen LogP contribution in [0.4, 0.5) is 5.69 Å². The van der Waals surface area contributed by atoms with E-state index in [9.17, 15) is 13.2 Å². The molecule has 1 aromatic carbocycles. The third-order valence-corrected chi connectivity index (χ3v) is 3.97. The third-order valence-electron chi connectivity index (χ3n) is 2.40. The van der Waals surface area contributed by atoms with Crippen molar-refractivity contribution in [3.8, 4) is 0 Å². The van der Waals surface area contributed by atoms with Crippen LogP contribution in [-0.2, 0) is 10.0 Å². The van der Waals surface area contributed by atoms with Gasteiger partial charge in [-0.3, -0.25) is 4.79 Å². The van der Waals surface area contributed by atoms with Gasteiger partial charge in [0.2, 0.25) is 10.0 Å². The van der Waals surface area contributed by atoms with Crippen molar-refractivity contribution in [1.29, 1.82) is 0 Å². The molecule has 0 aliphatic rings. The van der Waals surface area contributed by atoms with Crippen LogP contribution in [-0.4, -0.2) is 36.3 Å². The Balaban J connectivity index is 2.11. The lowest BCUT2D eigenvalue weighted by Crippen LogP contribution is -2.23. The minimum Gasteiger partial charge on any atom is -0.321 e. The van der Waals surface area contributed by atoms with Crippen molar-refractivity contribution in [3.05, 3.63) is 36.2 Å². The SMILES string of the molecule is CCNS(=O)(=O)c1ccc(NC(=O)c2cn[nH]n2)cc1. The molecule has 1 amide bonds.